The van der Waals surface area contributed by atoms with Crippen LogP contribution in [0.15, 0.2) is 11.6 Å². The van der Waals surface area contributed by atoms with Crippen LogP contribution in [0.5, 0.6) is 0 Å². The summed E-state index contributed by atoms with van der Waals surface area (Å²) < 4.78 is 17.5. The number of aliphatic hydroxyl groups excluding tert-OH is 2. The molecule has 0 bridgehead atoms. The van der Waals surface area contributed by atoms with E-state index in [0.717, 1.165) is 0 Å². The highest BCUT2D eigenvalue weighted by Gasteiger charge is 2.84. The van der Waals surface area contributed by atoms with Crippen LogP contribution < -0.4 is 0 Å². The van der Waals surface area contributed by atoms with Crippen LogP contribution in [0.1, 0.15) is 33.6 Å². The van der Waals surface area contributed by atoms with Gasteiger partial charge in [0.15, 0.2) is 5.60 Å². The third-order valence-electron chi connectivity index (χ3n) is 7.72. The number of fused-ring (bicyclic) bond motifs is 2. The van der Waals surface area contributed by atoms with E-state index in [-0.39, 0.29) is 24.4 Å². The quantitative estimate of drug-likeness (QED) is 0.537. The third-order valence-corrected chi connectivity index (χ3v) is 7.72. The molecule has 5 aliphatic rings. The van der Waals surface area contributed by atoms with Crippen molar-refractivity contribution in [1.82, 2.24) is 0 Å². The first-order chi connectivity index (χ1) is 12.2. The predicted octanol–water partition coefficient (Wildman–Crippen LogP) is 0.327. The molecule has 7 nitrogen and oxygen atoms in total. The van der Waals surface area contributed by atoms with Crippen LogP contribution in [0.25, 0.3) is 0 Å². The van der Waals surface area contributed by atoms with Gasteiger partial charge in [-0.05, 0) is 25.3 Å². The molecule has 2 saturated heterocycles. The minimum atomic E-state index is -0.921. The van der Waals surface area contributed by atoms with E-state index in [1.807, 2.05) is 13.8 Å². The van der Waals surface area contributed by atoms with Gasteiger partial charge in [-0.15, -0.1) is 0 Å². The first-order valence-corrected chi connectivity index (χ1v) is 9.32. The molecule has 2 saturated carbocycles. The number of rotatable bonds is 2. The number of carbonyl (C=O) groups is 2. The van der Waals surface area contributed by atoms with Crippen LogP contribution in [0, 0.1) is 22.7 Å². The fourth-order valence-corrected chi connectivity index (χ4v) is 6.38. The largest absolute Gasteiger partial charge is 0.459 e. The zero-order valence-electron chi connectivity index (χ0n) is 15.1. The number of hydrogen-bond acceptors (Lipinski definition) is 7. The van der Waals surface area contributed by atoms with Gasteiger partial charge in [0.1, 0.15) is 18.3 Å². The van der Waals surface area contributed by atoms with E-state index in [9.17, 15) is 19.8 Å². The van der Waals surface area contributed by atoms with Crippen molar-refractivity contribution >= 4 is 11.9 Å². The van der Waals surface area contributed by atoms with Crippen LogP contribution in [0.2, 0.25) is 0 Å². The van der Waals surface area contributed by atoms with Crippen LogP contribution in [0.3, 0.4) is 0 Å². The van der Waals surface area contributed by atoms with Gasteiger partial charge in [0.25, 0.3) is 0 Å². The topological polar surface area (TPSA) is 106 Å². The predicted molar refractivity (Wildman–Crippen MR) is 86.6 cm³/mol. The minimum absolute atomic E-state index is 0.159. The molecule has 7 heteroatoms. The van der Waals surface area contributed by atoms with E-state index in [0.29, 0.717) is 18.4 Å². The Hall–Kier alpha value is -1.44. The molecule has 3 heterocycles. The summed E-state index contributed by atoms with van der Waals surface area (Å²) in [6.45, 7) is 5.45. The molecule has 142 valence electrons. The summed E-state index contributed by atoms with van der Waals surface area (Å²) >= 11 is 0. The average Bonchev–Trinajstić information content (AvgIpc) is 3.27. The van der Waals surface area contributed by atoms with Gasteiger partial charge in [-0.2, -0.15) is 0 Å². The number of cyclic esters (lactones) is 1. The molecule has 5 rings (SSSR count). The maximum Gasteiger partial charge on any atom is 0.331 e. The zero-order chi connectivity index (χ0) is 18.6. The molecule has 2 aliphatic carbocycles. The molecule has 0 aromatic rings. The van der Waals surface area contributed by atoms with E-state index in [4.69, 9.17) is 14.2 Å². The Labute approximate surface area is 151 Å². The third kappa shape index (κ3) is 1.58. The summed E-state index contributed by atoms with van der Waals surface area (Å²) in [5.74, 6) is -1.34. The molecule has 1 spiro atoms. The zero-order valence-corrected chi connectivity index (χ0v) is 15.1. The summed E-state index contributed by atoms with van der Waals surface area (Å²) in [5.41, 5.74) is -1.73. The Balaban J connectivity index is 1.72. The molecule has 0 radical (unpaired) electrons. The van der Waals surface area contributed by atoms with Crippen molar-refractivity contribution in [2.75, 3.05) is 6.61 Å². The lowest BCUT2D eigenvalue weighted by atomic mass is 9.46. The second-order valence-corrected chi connectivity index (χ2v) is 9.01. The van der Waals surface area contributed by atoms with Gasteiger partial charge in [0.2, 0.25) is 0 Å². The summed E-state index contributed by atoms with van der Waals surface area (Å²) in [6.07, 6.45) is 0.194. The lowest BCUT2D eigenvalue weighted by molar-refractivity contribution is -0.158. The average molecular weight is 364 g/mol. The molecule has 3 aliphatic heterocycles. The lowest BCUT2D eigenvalue weighted by Crippen LogP contribution is -2.64. The first kappa shape index (κ1) is 16.7. The van der Waals surface area contributed by atoms with Crippen LogP contribution in [0.4, 0.5) is 0 Å². The van der Waals surface area contributed by atoms with Crippen LogP contribution in [-0.2, 0) is 23.8 Å². The van der Waals surface area contributed by atoms with Gasteiger partial charge in [-0.3, -0.25) is 4.79 Å². The number of aliphatic hydroxyl groups is 2. The second-order valence-electron chi connectivity index (χ2n) is 9.01. The van der Waals surface area contributed by atoms with Crippen molar-refractivity contribution in [3.05, 3.63) is 11.6 Å². The highest BCUT2D eigenvalue weighted by molar-refractivity contribution is 5.87. The molecule has 26 heavy (non-hydrogen) atoms. The molecular formula is C19H24O7. The van der Waals surface area contributed by atoms with Gasteiger partial charge < -0.3 is 24.4 Å². The molecule has 0 amide bonds. The summed E-state index contributed by atoms with van der Waals surface area (Å²) in [7, 11) is 0. The summed E-state index contributed by atoms with van der Waals surface area (Å²) in [5, 5.41) is 20.7. The standard InChI is InChI=1S/C19H24O7/c1-8(7-20)14-19-9(6-11(22)24-14)18(3)10(21)4-5-17(2)13(18)12(15(19)26-19)25-16(17)23/h6,8,10,12-15,20-21H,4-5,7H2,1-3H3/t8-,10-,12+,13+,14-,15-,17+,18+,19-/m1/s1. The molecule has 0 unspecified atom stereocenters. The molecule has 0 aromatic carbocycles. The SMILES string of the molecule is C[C@H](CO)[C@H]1OC(=O)C=C2[C@@]3(C)[C@H](O)CC[C@]4(C)C(=O)O[C@H]([C@H]5O[C@@]251)[C@H]34. The van der Waals surface area contributed by atoms with Crippen molar-refractivity contribution in [2.24, 2.45) is 22.7 Å². The summed E-state index contributed by atoms with van der Waals surface area (Å²) in [4.78, 5) is 25.0. The van der Waals surface area contributed by atoms with Crippen molar-refractivity contribution < 1.29 is 34.0 Å². The number of epoxide rings is 1. The van der Waals surface area contributed by atoms with Gasteiger partial charge >= 0.3 is 11.9 Å². The molecule has 0 aromatic heterocycles. The van der Waals surface area contributed by atoms with Crippen molar-refractivity contribution in [2.45, 2.75) is 63.6 Å². The monoisotopic (exact) mass is 364 g/mol. The van der Waals surface area contributed by atoms with E-state index < -0.39 is 46.8 Å². The second kappa shape index (κ2) is 4.69. The lowest BCUT2D eigenvalue weighted by Gasteiger charge is -2.56. The fourth-order valence-electron chi connectivity index (χ4n) is 6.38. The van der Waals surface area contributed by atoms with Crippen LogP contribution in [-0.4, -0.2) is 58.8 Å². The number of carbonyl (C=O) groups excluding carboxylic acids is 2. The Morgan fingerprint density at radius 1 is 1.31 bits per heavy atom. The summed E-state index contributed by atoms with van der Waals surface area (Å²) in [6, 6.07) is 0. The highest BCUT2D eigenvalue weighted by Crippen LogP contribution is 2.72. The first-order valence-electron chi connectivity index (χ1n) is 9.32. The highest BCUT2D eigenvalue weighted by atomic mass is 16.7. The van der Waals surface area contributed by atoms with Gasteiger partial charge in [-0.25, -0.2) is 4.79 Å². The maximum atomic E-state index is 12.7. The normalized spacial score (nSPS) is 55.0. The van der Waals surface area contributed by atoms with Gasteiger partial charge in [-0.1, -0.05) is 13.8 Å². The Morgan fingerprint density at radius 2 is 2.04 bits per heavy atom. The van der Waals surface area contributed by atoms with E-state index in [2.05, 4.69) is 0 Å². The Bertz CT molecular complexity index is 746. The number of hydrogen-bond donors (Lipinski definition) is 2. The fraction of sp³-hybridized carbons (Fsp3) is 0.789. The van der Waals surface area contributed by atoms with E-state index in [1.165, 1.54) is 6.08 Å². The molecule has 2 N–H and O–H groups in total. The number of esters is 2. The maximum absolute atomic E-state index is 12.7. The number of ether oxygens (including phenoxy) is 3. The van der Waals surface area contributed by atoms with Crippen molar-refractivity contribution in [1.29, 1.82) is 0 Å². The van der Waals surface area contributed by atoms with E-state index >= 15 is 0 Å². The van der Waals surface area contributed by atoms with Crippen LogP contribution >= 0.6 is 0 Å². The smallest absolute Gasteiger partial charge is 0.331 e. The minimum Gasteiger partial charge on any atom is -0.459 e. The van der Waals surface area contributed by atoms with E-state index in [1.54, 1.807) is 6.92 Å². The van der Waals surface area contributed by atoms with Gasteiger partial charge in [0.05, 0.1) is 11.5 Å². The molecule has 4 fully saturated rings. The Kier molecular flexibility index (Phi) is 3.02. The molecule has 9 atom stereocenters. The van der Waals surface area contributed by atoms with Crippen molar-refractivity contribution in [3.63, 3.8) is 0 Å². The van der Waals surface area contributed by atoms with Crippen molar-refractivity contribution in [3.8, 4) is 0 Å². The molecular weight excluding hydrogens is 340 g/mol. The Morgan fingerprint density at radius 3 is 2.73 bits per heavy atom. The van der Waals surface area contributed by atoms with Gasteiger partial charge in [0, 0.05) is 29.9 Å².